The van der Waals surface area contributed by atoms with Crippen LogP contribution in [0.25, 0.3) is 0 Å². The highest BCUT2D eigenvalue weighted by Crippen LogP contribution is 2.29. The van der Waals surface area contributed by atoms with E-state index in [0.717, 1.165) is 13.0 Å². The van der Waals surface area contributed by atoms with Crippen LogP contribution in [0.1, 0.15) is 36.6 Å². The Morgan fingerprint density at radius 2 is 2.06 bits per heavy atom. The molecule has 0 amide bonds. The standard InChI is InChI=1S/C15H18BrNS/c1-3-11-6-5-7-12(8-11)15(17-4-2)13-9-14(16)18-10-13/h5-10,15,17H,3-4H2,1-2H3. The maximum atomic E-state index is 3.57. The molecule has 96 valence electrons. The van der Waals surface area contributed by atoms with Gasteiger partial charge in [-0.3, -0.25) is 0 Å². The minimum atomic E-state index is 0.295. The van der Waals surface area contributed by atoms with Gasteiger partial charge in [-0.1, -0.05) is 38.1 Å². The Kier molecular flexibility index (Phi) is 4.98. The summed E-state index contributed by atoms with van der Waals surface area (Å²) >= 11 is 5.28. The lowest BCUT2D eigenvalue weighted by molar-refractivity contribution is 0.631. The number of nitrogens with one attached hydrogen (secondary N) is 1. The second-order valence-corrected chi connectivity index (χ2v) is 6.56. The van der Waals surface area contributed by atoms with E-state index in [1.54, 1.807) is 11.3 Å². The van der Waals surface area contributed by atoms with Crippen LogP contribution in [0.15, 0.2) is 39.5 Å². The van der Waals surface area contributed by atoms with Crippen molar-refractivity contribution in [3.8, 4) is 0 Å². The first-order valence-electron chi connectivity index (χ1n) is 6.30. The van der Waals surface area contributed by atoms with Crippen molar-refractivity contribution in [2.45, 2.75) is 26.3 Å². The summed E-state index contributed by atoms with van der Waals surface area (Å²) in [4.78, 5) is 0. The maximum absolute atomic E-state index is 3.57. The monoisotopic (exact) mass is 323 g/mol. The molecule has 18 heavy (non-hydrogen) atoms. The van der Waals surface area contributed by atoms with Gasteiger partial charge in [0.1, 0.15) is 0 Å². The van der Waals surface area contributed by atoms with E-state index in [1.807, 2.05) is 0 Å². The molecule has 1 aromatic heterocycles. The molecule has 2 rings (SSSR count). The molecule has 0 saturated carbocycles. The van der Waals surface area contributed by atoms with E-state index in [1.165, 1.54) is 20.5 Å². The Labute approximate surface area is 121 Å². The molecule has 1 heterocycles. The average Bonchev–Trinajstić information content (AvgIpc) is 2.82. The normalized spacial score (nSPS) is 12.6. The molecule has 0 aliphatic carbocycles. The highest BCUT2D eigenvalue weighted by atomic mass is 79.9. The second-order valence-electron chi connectivity index (χ2n) is 4.27. The van der Waals surface area contributed by atoms with Crippen molar-refractivity contribution in [1.82, 2.24) is 5.32 Å². The Hall–Kier alpha value is -0.640. The lowest BCUT2D eigenvalue weighted by atomic mass is 9.98. The number of rotatable bonds is 5. The molecule has 0 spiro atoms. The third kappa shape index (κ3) is 3.22. The second kappa shape index (κ2) is 6.50. The number of thiophene rings is 1. The molecule has 1 unspecified atom stereocenters. The number of hydrogen-bond donors (Lipinski definition) is 1. The van der Waals surface area contributed by atoms with Gasteiger partial charge >= 0.3 is 0 Å². The molecular weight excluding hydrogens is 306 g/mol. The predicted molar refractivity (Wildman–Crippen MR) is 83.4 cm³/mol. The topological polar surface area (TPSA) is 12.0 Å². The third-order valence-corrected chi connectivity index (χ3v) is 4.54. The van der Waals surface area contributed by atoms with Gasteiger partial charge in [-0.05, 0) is 57.0 Å². The van der Waals surface area contributed by atoms with Gasteiger partial charge < -0.3 is 5.32 Å². The molecule has 1 nitrogen and oxygen atoms in total. The molecule has 3 heteroatoms. The summed E-state index contributed by atoms with van der Waals surface area (Å²) in [6.07, 6.45) is 1.08. The third-order valence-electron chi connectivity index (χ3n) is 3.02. The fourth-order valence-corrected chi connectivity index (χ4v) is 3.30. The summed E-state index contributed by atoms with van der Waals surface area (Å²) in [5.41, 5.74) is 4.08. The molecule has 1 atom stereocenters. The Balaban J connectivity index is 2.34. The molecule has 0 saturated heterocycles. The molecule has 0 aliphatic rings. The quantitative estimate of drug-likeness (QED) is 0.835. The van der Waals surface area contributed by atoms with Crippen molar-refractivity contribution < 1.29 is 0 Å². The Morgan fingerprint density at radius 1 is 1.22 bits per heavy atom. The first kappa shape index (κ1) is 13.8. The zero-order chi connectivity index (χ0) is 13.0. The van der Waals surface area contributed by atoms with Crippen LogP contribution >= 0.6 is 27.3 Å². The largest absolute Gasteiger partial charge is 0.307 e. The smallest absolute Gasteiger partial charge is 0.0701 e. The van der Waals surface area contributed by atoms with Gasteiger partial charge in [0.25, 0.3) is 0 Å². The Morgan fingerprint density at radius 3 is 2.67 bits per heavy atom. The van der Waals surface area contributed by atoms with Crippen LogP contribution in [0.2, 0.25) is 0 Å². The lowest BCUT2D eigenvalue weighted by Crippen LogP contribution is -2.21. The van der Waals surface area contributed by atoms with Crippen molar-refractivity contribution in [2.75, 3.05) is 6.54 Å². The van der Waals surface area contributed by atoms with E-state index < -0.39 is 0 Å². The van der Waals surface area contributed by atoms with E-state index in [0.29, 0.717) is 6.04 Å². The molecular formula is C15H18BrNS. The number of benzene rings is 1. The molecule has 1 aromatic carbocycles. The maximum Gasteiger partial charge on any atom is 0.0701 e. The van der Waals surface area contributed by atoms with Crippen LogP contribution in [0.3, 0.4) is 0 Å². The van der Waals surface area contributed by atoms with E-state index in [9.17, 15) is 0 Å². The van der Waals surface area contributed by atoms with Crippen LogP contribution in [0.4, 0.5) is 0 Å². The van der Waals surface area contributed by atoms with Gasteiger partial charge in [0.15, 0.2) is 0 Å². The highest BCUT2D eigenvalue weighted by Gasteiger charge is 2.14. The zero-order valence-electron chi connectivity index (χ0n) is 10.7. The van der Waals surface area contributed by atoms with Gasteiger partial charge in [0, 0.05) is 0 Å². The van der Waals surface area contributed by atoms with Crippen LogP contribution in [-0.2, 0) is 6.42 Å². The first-order chi connectivity index (χ1) is 8.74. The van der Waals surface area contributed by atoms with Crippen molar-refractivity contribution in [3.63, 3.8) is 0 Å². The van der Waals surface area contributed by atoms with Gasteiger partial charge in [0.05, 0.1) is 9.83 Å². The fraction of sp³-hybridized carbons (Fsp3) is 0.333. The molecule has 1 N–H and O–H groups in total. The first-order valence-corrected chi connectivity index (χ1v) is 7.98. The SMILES string of the molecule is CCNC(c1cccc(CC)c1)c1csc(Br)c1. The lowest BCUT2D eigenvalue weighted by Gasteiger charge is -2.18. The summed E-state index contributed by atoms with van der Waals surface area (Å²) in [6.45, 7) is 5.31. The number of hydrogen-bond acceptors (Lipinski definition) is 2. The Bertz CT molecular complexity index is 507. The van der Waals surface area contributed by atoms with Gasteiger partial charge in [-0.2, -0.15) is 0 Å². The van der Waals surface area contributed by atoms with E-state index in [2.05, 4.69) is 70.8 Å². The number of halogens is 1. The molecule has 0 radical (unpaired) electrons. The zero-order valence-corrected chi connectivity index (χ0v) is 13.1. The molecule has 0 bridgehead atoms. The van der Waals surface area contributed by atoms with Crippen molar-refractivity contribution >= 4 is 27.3 Å². The summed E-state index contributed by atoms with van der Waals surface area (Å²) in [5, 5.41) is 5.78. The van der Waals surface area contributed by atoms with Crippen molar-refractivity contribution in [1.29, 1.82) is 0 Å². The van der Waals surface area contributed by atoms with Crippen LogP contribution in [-0.4, -0.2) is 6.54 Å². The van der Waals surface area contributed by atoms with Crippen LogP contribution in [0, 0.1) is 0 Å². The summed E-state index contributed by atoms with van der Waals surface area (Å²) in [5.74, 6) is 0. The molecule has 0 aliphatic heterocycles. The van der Waals surface area contributed by atoms with Crippen molar-refractivity contribution in [3.05, 3.63) is 56.2 Å². The molecule has 2 aromatic rings. The average molecular weight is 324 g/mol. The van der Waals surface area contributed by atoms with Crippen LogP contribution in [0.5, 0.6) is 0 Å². The van der Waals surface area contributed by atoms with Crippen molar-refractivity contribution in [2.24, 2.45) is 0 Å². The van der Waals surface area contributed by atoms with E-state index in [-0.39, 0.29) is 0 Å². The van der Waals surface area contributed by atoms with Gasteiger partial charge in [-0.15, -0.1) is 11.3 Å². The summed E-state index contributed by atoms with van der Waals surface area (Å²) in [6, 6.07) is 11.4. The fourth-order valence-electron chi connectivity index (χ4n) is 2.10. The van der Waals surface area contributed by atoms with Gasteiger partial charge in [-0.25, -0.2) is 0 Å². The molecule has 0 fully saturated rings. The summed E-state index contributed by atoms with van der Waals surface area (Å²) in [7, 11) is 0. The highest BCUT2D eigenvalue weighted by molar-refractivity contribution is 9.11. The number of aryl methyl sites for hydroxylation is 1. The van der Waals surface area contributed by atoms with Crippen LogP contribution < -0.4 is 5.32 Å². The minimum absolute atomic E-state index is 0.295. The summed E-state index contributed by atoms with van der Waals surface area (Å²) < 4.78 is 1.19. The predicted octanol–water partition coefficient (Wildman–Crippen LogP) is 4.77. The minimum Gasteiger partial charge on any atom is -0.307 e. The van der Waals surface area contributed by atoms with E-state index in [4.69, 9.17) is 0 Å². The van der Waals surface area contributed by atoms with Gasteiger partial charge in [0.2, 0.25) is 0 Å². The van der Waals surface area contributed by atoms with E-state index >= 15 is 0 Å².